The Morgan fingerprint density at radius 2 is 1.43 bits per heavy atom. The summed E-state index contributed by atoms with van der Waals surface area (Å²) in [5, 5.41) is 0. The maximum absolute atomic E-state index is 12.8. The van der Waals surface area contributed by atoms with E-state index in [9.17, 15) is 9.59 Å². The highest BCUT2D eigenvalue weighted by Crippen LogP contribution is 2.39. The molecule has 0 fully saturated rings. The molecule has 0 aliphatic heterocycles. The normalized spacial score (nSPS) is 12.0. The van der Waals surface area contributed by atoms with Crippen LogP contribution >= 0.6 is 0 Å². The summed E-state index contributed by atoms with van der Waals surface area (Å²) in [6.07, 6.45) is -0.636. The van der Waals surface area contributed by atoms with E-state index in [1.807, 2.05) is 30.3 Å². The van der Waals surface area contributed by atoms with Gasteiger partial charge in [-0.15, -0.1) is 0 Å². The maximum atomic E-state index is 12.8. The fourth-order valence-corrected chi connectivity index (χ4v) is 3.00. The predicted molar refractivity (Wildman–Crippen MR) is 115 cm³/mol. The zero-order valence-electron chi connectivity index (χ0n) is 18.5. The molecule has 2 aromatic carbocycles. The van der Waals surface area contributed by atoms with Crippen molar-refractivity contribution in [2.45, 2.75) is 39.3 Å². The van der Waals surface area contributed by atoms with Crippen LogP contribution in [0.15, 0.2) is 42.5 Å². The SMILES string of the molecule is COC(=O)[C@H](C)N(C(=O)OC(C)(C)C)c1ccc(-c2c(OC)cccc2OC)cc1. The minimum atomic E-state index is -0.864. The van der Waals surface area contributed by atoms with Gasteiger partial charge in [0, 0.05) is 5.69 Å². The van der Waals surface area contributed by atoms with Crippen molar-refractivity contribution in [2.24, 2.45) is 0 Å². The second-order valence-electron chi connectivity index (χ2n) is 7.63. The summed E-state index contributed by atoms with van der Waals surface area (Å²) in [4.78, 5) is 26.3. The van der Waals surface area contributed by atoms with Gasteiger partial charge >= 0.3 is 12.1 Å². The third kappa shape index (κ3) is 5.23. The second kappa shape index (κ2) is 9.52. The van der Waals surface area contributed by atoms with Crippen LogP contribution in [-0.4, -0.2) is 45.0 Å². The zero-order chi connectivity index (χ0) is 22.5. The smallest absolute Gasteiger partial charge is 0.415 e. The number of anilines is 1. The largest absolute Gasteiger partial charge is 0.496 e. The number of esters is 1. The molecule has 30 heavy (non-hydrogen) atoms. The topological polar surface area (TPSA) is 74.3 Å². The van der Waals surface area contributed by atoms with Crippen molar-refractivity contribution in [1.82, 2.24) is 0 Å². The van der Waals surface area contributed by atoms with Crippen LogP contribution in [0, 0.1) is 0 Å². The lowest BCUT2D eigenvalue weighted by atomic mass is 10.0. The number of hydrogen-bond acceptors (Lipinski definition) is 6. The Bertz CT molecular complexity index is 863. The third-order valence-electron chi connectivity index (χ3n) is 4.38. The van der Waals surface area contributed by atoms with Gasteiger partial charge in [0.2, 0.25) is 0 Å². The summed E-state index contributed by atoms with van der Waals surface area (Å²) in [7, 11) is 4.47. The van der Waals surface area contributed by atoms with E-state index in [1.54, 1.807) is 54.0 Å². The summed E-state index contributed by atoms with van der Waals surface area (Å²) in [6.45, 7) is 6.89. The summed E-state index contributed by atoms with van der Waals surface area (Å²) in [6, 6.07) is 11.8. The summed E-state index contributed by atoms with van der Waals surface area (Å²) >= 11 is 0. The van der Waals surface area contributed by atoms with Gasteiger partial charge in [0.15, 0.2) is 0 Å². The number of carbonyl (C=O) groups is 2. The van der Waals surface area contributed by atoms with E-state index >= 15 is 0 Å². The first-order valence-electron chi connectivity index (χ1n) is 9.54. The first-order valence-corrected chi connectivity index (χ1v) is 9.54. The van der Waals surface area contributed by atoms with E-state index in [2.05, 4.69) is 0 Å². The van der Waals surface area contributed by atoms with Crippen LogP contribution in [-0.2, 0) is 14.3 Å². The van der Waals surface area contributed by atoms with E-state index in [-0.39, 0.29) is 0 Å². The van der Waals surface area contributed by atoms with Gasteiger partial charge in [-0.25, -0.2) is 9.59 Å². The first kappa shape index (κ1) is 23.1. The first-order chi connectivity index (χ1) is 14.1. The summed E-state index contributed by atoms with van der Waals surface area (Å²) in [5.74, 6) is 0.777. The fraction of sp³-hybridized carbons (Fsp3) is 0.391. The lowest BCUT2D eigenvalue weighted by Gasteiger charge is -2.30. The monoisotopic (exact) mass is 415 g/mol. The lowest BCUT2D eigenvalue weighted by Crippen LogP contribution is -2.46. The summed E-state index contributed by atoms with van der Waals surface area (Å²) < 4.78 is 21.3. The van der Waals surface area contributed by atoms with Crippen LogP contribution in [0.5, 0.6) is 11.5 Å². The number of amides is 1. The molecule has 0 spiro atoms. The van der Waals surface area contributed by atoms with Gasteiger partial charge in [0.05, 0.1) is 26.9 Å². The molecule has 0 saturated heterocycles. The molecule has 0 unspecified atom stereocenters. The van der Waals surface area contributed by atoms with Gasteiger partial charge in [-0.1, -0.05) is 18.2 Å². The molecule has 0 saturated carbocycles. The van der Waals surface area contributed by atoms with Gasteiger partial charge in [-0.05, 0) is 57.5 Å². The molecule has 1 amide bonds. The van der Waals surface area contributed by atoms with Crippen LogP contribution in [0.25, 0.3) is 11.1 Å². The predicted octanol–water partition coefficient (Wildman–Crippen LogP) is 4.67. The highest BCUT2D eigenvalue weighted by atomic mass is 16.6. The number of hydrogen-bond donors (Lipinski definition) is 0. The molecule has 7 heteroatoms. The number of rotatable bonds is 6. The molecule has 0 aliphatic rings. The minimum Gasteiger partial charge on any atom is -0.496 e. The molecule has 2 aromatic rings. The zero-order valence-corrected chi connectivity index (χ0v) is 18.5. The fourth-order valence-electron chi connectivity index (χ4n) is 3.00. The Morgan fingerprint density at radius 3 is 1.87 bits per heavy atom. The van der Waals surface area contributed by atoms with E-state index in [0.717, 1.165) is 11.1 Å². The van der Waals surface area contributed by atoms with Gasteiger partial charge < -0.3 is 18.9 Å². The molecule has 1 atom stereocenters. The van der Waals surface area contributed by atoms with Crippen LogP contribution in [0.4, 0.5) is 10.5 Å². The van der Waals surface area contributed by atoms with Gasteiger partial charge in [0.25, 0.3) is 0 Å². The molecule has 7 nitrogen and oxygen atoms in total. The van der Waals surface area contributed by atoms with Crippen LogP contribution in [0.3, 0.4) is 0 Å². The highest BCUT2D eigenvalue weighted by Gasteiger charge is 2.32. The van der Waals surface area contributed by atoms with Gasteiger partial charge in [0.1, 0.15) is 23.1 Å². The van der Waals surface area contributed by atoms with E-state index in [0.29, 0.717) is 17.2 Å². The third-order valence-corrected chi connectivity index (χ3v) is 4.38. The lowest BCUT2D eigenvalue weighted by molar-refractivity contribution is -0.141. The van der Waals surface area contributed by atoms with Crippen LogP contribution in [0.2, 0.25) is 0 Å². The van der Waals surface area contributed by atoms with Crippen LogP contribution < -0.4 is 14.4 Å². The molecular formula is C23H29NO6. The standard InChI is InChI=1S/C23H29NO6/c1-15(21(25)29-7)24(22(26)30-23(2,3)4)17-13-11-16(12-14-17)20-18(27-5)9-8-10-19(20)28-6/h8-15H,1-7H3/t15-/m0/s1. The van der Waals surface area contributed by atoms with Crippen molar-refractivity contribution in [2.75, 3.05) is 26.2 Å². The Labute approximate surface area is 177 Å². The van der Waals surface area contributed by atoms with Crippen molar-refractivity contribution < 1.29 is 28.5 Å². The Hall–Kier alpha value is -3.22. The average molecular weight is 415 g/mol. The molecule has 162 valence electrons. The van der Waals surface area contributed by atoms with Crippen molar-refractivity contribution in [1.29, 1.82) is 0 Å². The van der Waals surface area contributed by atoms with Gasteiger partial charge in [-0.2, -0.15) is 0 Å². The molecule has 0 radical (unpaired) electrons. The van der Waals surface area contributed by atoms with Crippen molar-refractivity contribution in [3.05, 3.63) is 42.5 Å². The maximum Gasteiger partial charge on any atom is 0.415 e. The molecule has 0 bridgehead atoms. The number of nitrogens with zero attached hydrogens (tertiary/aromatic N) is 1. The molecule has 0 N–H and O–H groups in total. The van der Waals surface area contributed by atoms with Crippen LogP contribution in [0.1, 0.15) is 27.7 Å². The van der Waals surface area contributed by atoms with Crippen molar-refractivity contribution >= 4 is 17.7 Å². The molecule has 0 aromatic heterocycles. The summed E-state index contributed by atoms with van der Waals surface area (Å²) in [5.41, 5.74) is 1.41. The number of methoxy groups -OCH3 is 3. The molecule has 0 heterocycles. The second-order valence-corrected chi connectivity index (χ2v) is 7.63. The number of benzene rings is 2. The minimum absolute atomic E-state index is 0.500. The Kier molecular flexibility index (Phi) is 7.32. The molecular weight excluding hydrogens is 386 g/mol. The van der Waals surface area contributed by atoms with E-state index in [1.165, 1.54) is 12.0 Å². The Balaban J connectivity index is 2.48. The number of ether oxygens (including phenoxy) is 4. The van der Waals surface area contributed by atoms with E-state index < -0.39 is 23.7 Å². The quantitative estimate of drug-likeness (QED) is 0.638. The van der Waals surface area contributed by atoms with Gasteiger partial charge in [-0.3, -0.25) is 4.90 Å². The van der Waals surface area contributed by atoms with Crippen molar-refractivity contribution in [3.8, 4) is 22.6 Å². The highest BCUT2D eigenvalue weighted by molar-refractivity contribution is 5.96. The molecule has 2 rings (SSSR count). The number of carbonyl (C=O) groups excluding carboxylic acids is 2. The Morgan fingerprint density at radius 1 is 0.900 bits per heavy atom. The van der Waals surface area contributed by atoms with Crippen molar-refractivity contribution in [3.63, 3.8) is 0 Å². The average Bonchev–Trinajstić information content (AvgIpc) is 2.71. The van der Waals surface area contributed by atoms with E-state index in [4.69, 9.17) is 18.9 Å². The molecule has 0 aliphatic carbocycles.